The molecule has 0 fully saturated rings. The van der Waals surface area contributed by atoms with Crippen LogP contribution in [0.25, 0.3) is 10.2 Å². The molecule has 0 radical (unpaired) electrons. The SMILES string of the molecule is CCc1nc(N(C)Cc2ccco2)c2c3c(sc2n1)CCCC3. The van der Waals surface area contributed by atoms with E-state index in [1.165, 1.54) is 35.1 Å². The average molecular weight is 327 g/mol. The summed E-state index contributed by atoms with van der Waals surface area (Å²) in [6.45, 7) is 2.85. The van der Waals surface area contributed by atoms with E-state index in [0.717, 1.165) is 41.6 Å². The molecule has 3 aromatic heterocycles. The molecule has 3 heterocycles. The fraction of sp³-hybridized carbons (Fsp3) is 0.444. The lowest BCUT2D eigenvalue weighted by molar-refractivity contribution is 0.507. The van der Waals surface area contributed by atoms with Gasteiger partial charge in [0.2, 0.25) is 0 Å². The highest BCUT2D eigenvalue weighted by molar-refractivity contribution is 7.19. The Bertz CT molecular complexity index is 823. The summed E-state index contributed by atoms with van der Waals surface area (Å²) in [7, 11) is 2.09. The second-order valence-corrected chi connectivity index (χ2v) is 7.23. The van der Waals surface area contributed by atoms with Crippen LogP contribution in [0, 0.1) is 0 Å². The molecule has 1 aliphatic rings. The Morgan fingerprint density at radius 1 is 1.26 bits per heavy atom. The number of rotatable bonds is 4. The molecule has 0 amide bonds. The molecule has 0 spiro atoms. The van der Waals surface area contributed by atoms with E-state index in [9.17, 15) is 0 Å². The minimum atomic E-state index is 0.729. The van der Waals surface area contributed by atoms with Gasteiger partial charge in [-0.2, -0.15) is 0 Å². The third-order valence-electron chi connectivity index (χ3n) is 4.49. The molecule has 3 aromatic rings. The van der Waals surface area contributed by atoms with Crippen molar-refractivity contribution in [2.75, 3.05) is 11.9 Å². The van der Waals surface area contributed by atoms with Crippen molar-refractivity contribution in [2.45, 2.75) is 45.6 Å². The van der Waals surface area contributed by atoms with E-state index in [1.807, 2.05) is 23.5 Å². The Hall–Kier alpha value is -1.88. The lowest BCUT2D eigenvalue weighted by atomic mass is 9.97. The van der Waals surface area contributed by atoms with Crippen LogP contribution in [0.2, 0.25) is 0 Å². The van der Waals surface area contributed by atoms with Gasteiger partial charge in [-0.1, -0.05) is 6.92 Å². The molecular weight excluding hydrogens is 306 g/mol. The third-order valence-corrected chi connectivity index (χ3v) is 5.68. The number of nitrogens with zero attached hydrogens (tertiary/aromatic N) is 3. The van der Waals surface area contributed by atoms with Crippen molar-refractivity contribution in [1.82, 2.24) is 9.97 Å². The van der Waals surface area contributed by atoms with Crippen LogP contribution in [-0.2, 0) is 25.8 Å². The number of hydrogen-bond acceptors (Lipinski definition) is 5. The highest BCUT2D eigenvalue weighted by Gasteiger charge is 2.22. The lowest BCUT2D eigenvalue weighted by Crippen LogP contribution is -2.19. The highest BCUT2D eigenvalue weighted by atomic mass is 32.1. The molecule has 4 rings (SSSR count). The molecule has 0 saturated carbocycles. The number of furan rings is 1. The van der Waals surface area contributed by atoms with E-state index in [-0.39, 0.29) is 0 Å². The number of aryl methyl sites for hydroxylation is 3. The summed E-state index contributed by atoms with van der Waals surface area (Å²) in [5.41, 5.74) is 1.49. The monoisotopic (exact) mass is 327 g/mol. The zero-order valence-electron chi connectivity index (χ0n) is 13.6. The number of hydrogen-bond donors (Lipinski definition) is 0. The fourth-order valence-corrected chi connectivity index (χ4v) is 4.60. The maximum atomic E-state index is 5.51. The summed E-state index contributed by atoms with van der Waals surface area (Å²) in [5.74, 6) is 2.95. The van der Waals surface area contributed by atoms with Crippen molar-refractivity contribution < 1.29 is 4.42 Å². The van der Waals surface area contributed by atoms with Crippen molar-refractivity contribution in [1.29, 1.82) is 0 Å². The molecule has 0 bridgehead atoms. The molecule has 120 valence electrons. The largest absolute Gasteiger partial charge is 0.467 e. The van der Waals surface area contributed by atoms with E-state index in [4.69, 9.17) is 14.4 Å². The molecule has 0 unspecified atom stereocenters. The van der Waals surface area contributed by atoms with E-state index >= 15 is 0 Å². The van der Waals surface area contributed by atoms with Gasteiger partial charge in [-0.3, -0.25) is 0 Å². The molecule has 4 nitrogen and oxygen atoms in total. The van der Waals surface area contributed by atoms with Gasteiger partial charge in [0, 0.05) is 18.3 Å². The molecule has 23 heavy (non-hydrogen) atoms. The van der Waals surface area contributed by atoms with Crippen molar-refractivity contribution in [3.05, 3.63) is 40.4 Å². The summed E-state index contributed by atoms with van der Waals surface area (Å²) in [6.07, 6.45) is 7.51. The molecule has 0 aliphatic heterocycles. The van der Waals surface area contributed by atoms with Crippen LogP contribution in [0.5, 0.6) is 0 Å². The van der Waals surface area contributed by atoms with Gasteiger partial charge in [-0.05, 0) is 43.4 Å². The van der Waals surface area contributed by atoms with E-state index in [0.29, 0.717) is 0 Å². The molecular formula is C18H21N3OS. The summed E-state index contributed by atoms with van der Waals surface area (Å²) < 4.78 is 5.51. The van der Waals surface area contributed by atoms with Gasteiger partial charge in [0.15, 0.2) is 0 Å². The van der Waals surface area contributed by atoms with Gasteiger partial charge in [0.25, 0.3) is 0 Å². The van der Waals surface area contributed by atoms with Crippen molar-refractivity contribution in [3.63, 3.8) is 0 Å². The summed E-state index contributed by atoms with van der Waals surface area (Å²) in [4.78, 5) is 14.5. The van der Waals surface area contributed by atoms with Crippen LogP contribution in [0.1, 0.15) is 41.8 Å². The van der Waals surface area contributed by atoms with Crippen molar-refractivity contribution in [2.24, 2.45) is 0 Å². The van der Waals surface area contributed by atoms with E-state index in [1.54, 1.807) is 6.26 Å². The number of aromatic nitrogens is 2. The summed E-state index contributed by atoms with van der Waals surface area (Å²) >= 11 is 1.87. The Kier molecular flexibility index (Phi) is 3.81. The van der Waals surface area contributed by atoms with Gasteiger partial charge < -0.3 is 9.32 Å². The standard InChI is InChI=1S/C18H21N3OS/c1-3-15-19-17(21(2)11-12-7-6-10-22-12)16-13-8-4-5-9-14(13)23-18(16)20-15/h6-7,10H,3-5,8-9,11H2,1-2H3. The normalized spacial score (nSPS) is 14.2. The first-order valence-corrected chi connectivity index (χ1v) is 9.12. The van der Waals surface area contributed by atoms with Gasteiger partial charge in [-0.25, -0.2) is 9.97 Å². The second-order valence-electron chi connectivity index (χ2n) is 6.14. The summed E-state index contributed by atoms with van der Waals surface area (Å²) in [6, 6.07) is 3.95. The molecule has 0 aromatic carbocycles. The lowest BCUT2D eigenvalue weighted by Gasteiger charge is -2.20. The molecule has 0 atom stereocenters. The predicted octanol–water partition coefficient (Wildman–Crippen LogP) is 4.36. The van der Waals surface area contributed by atoms with Crippen molar-refractivity contribution >= 4 is 27.4 Å². The maximum Gasteiger partial charge on any atom is 0.141 e. The van der Waals surface area contributed by atoms with E-state index < -0.39 is 0 Å². The quantitative estimate of drug-likeness (QED) is 0.714. The summed E-state index contributed by atoms with van der Waals surface area (Å²) in [5, 5.41) is 1.27. The molecule has 5 heteroatoms. The number of fused-ring (bicyclic) bond motifs is 3. The first kappa shape index (κ1) is 14.7. The smallest absolute Gasteiger partial charge is 0.141 e. The first-order chi connectivity index (χ1) is 11.3. The maximum absolute atomic E-state index is 5.51. The fourth-order valence-electron chi connectivity index (χ4n) is 3.33. The first-order valence-electron chi connectivity index (χ1n) is 8.31. The highest BCUT2D eigenvalue weighted by Crippen LogP contribution is 2.39. The third kappa shape index (κ3) is 2.63. The van der Waals surface area contributed by atoms with Crippen LogP contribution in [0.4, 0.5) is 5.82 Å². The van der Waals surface area contributed by atoms with Gasteiger partial charge in [0.1, 0.15) is 22.2 Å². The minimum Gasteiger partial charge on any atom is -0.467 e. The van der Waals surface area contributed by atoms with Crippen LogP contribution >= 0.6 is 11.3 Å². The van der Waals surface area contributed by atoms with Crippen molar-refractivity contribution in [3.8, 4) is 0 Å². The average Bonchev–Trinajstić information content (AvgIpc) is 3.20. The van der Waals surface area contributed by atoms with Crippen LogP contribution in [0.15, 0.2) is 22.8 Å². The van der Waals surface area contributed by atoms with Gasteiger partial charge in [0.05, 0.1) is 18.2 Å². The van der Waals surface area contributed by atoms with Crippen LogP contribution in [0.3, 0.4) is 0 Å². The Morgan fingerprint density at radius 3 is 2.91 bits per heavy atom. The second kappa shape index (κ2) is 5.96. The number of anilines is 1. The number of thiophene rings is 1. The topological polar surface area (TPSA) is 42.2 Å². The minimum absolute atomic E-state index is 0.729. The van der Waals surface area contributed by atoms with Crippen LogP contribution < -0.4 is 4.90 Å². The Labute approximate surface area is 140 Å². The zero-order valence-corrected chi connectivity index (χ0v) is 14.4. The Balaban J connectivity index is 1.84. The van der Waals surface area contributed by atoms with Gasteiger partial charge in [-0.15, -0.1) is 11.3 Å². The van der Waals surface area contributed by atoms with Gasteiger partial charge >= 0.3 is 0 Å². The Morgan fingerprint density at radius 2 is 2.13 bits per heavy atom. The molecule has 1 aliphatic carbocycles. The molecule has 0 saturated heterocycles. The predicted molar refractivity (Wildman–Crippen MR) is 94.3 cm³/mol. The van der Waals surface area contributed by atoms with E-state index in [2.05, 4.69) is 18.9 Å². The van der Waals surface area contributed by atoms with Crippen LogP contribution in [-0.4, -0.2) is 17.0 Å². The zero-order chi connectivity index (χ0) is 15.8. The molecule has 0 N–H and O–H groups in total.